The molecule has 1 aliphatic rings. The fourth-order valence-electron chi connectivity index (χ4n) is 2.57. The van der Waals surface area contributed by atoms with Gasteiger partial charge in [-0.15, -0.1) is 0 Å². The van der Waals surface area contributed by atoms with Crippen LogP contribution in [0.4, 0.5) is 4.79 Å². The number of sulfonamides is 1. The summed E-state index contributed by atoms with van der Waals surface area (Å²) in [7, 11) is -3.38. The Morgan fingerprint density at radius 2 is 1.76 bits per heavy atom. The van der Waals surface area contributed by atoms with E-state index < -0.39 is 22.0 Å². The molecular weight excluding hydrogens is 346 g/mol. The van der Waals surface area contributed by atoms with Crippen LogP contribution in [-0.2, 0) is 25.3 Å². The fourth-order valence-corrected chi connectivity index (χ4v) is 4.08. The van der Waals surface area contributed by atoms with Crippen molar-refractivity contribution in [2.45, 2.75) is 12.7 Å². The second-order valence-corrected chi connectivity index (χ2v) is 7.65. The van der Waals surface area contributed by atoms with Crippen molar-refractivity contribution in [1.29, 1.82) is 0 Å². The number of carbonyl (C=O) groups is 2. The molecule has 9 heteroatoms. The van der Waals surface area contributed by atoms with Crippen LogP contribution in [0, 0.1) is 0 Å². The van der Waals surface area contributed by atoms with Crippen molar-refractivity contribution in [1.82, 2.24) is 14.5 Å². The van der Waals surface area contributed by atoms with Crippen LogP contribution >= 0.6 is 0 Å². The molecule has 0 unspecified atom stereocenters. The highest BCUT2D eigenvalue weighted by Crippen LogP contribution is 2.13. The third-order valence-electron chi connectivity index (χ3n) is 3.80. The van der Waals surface area contributed by atoms with E-state index in [0.717, 1.165) is 5.56 Å². The number of ether oxygens (including phenoxy) is 1. The van der Waals surface area contributed by atoms with Crippen LogP contribution in [0.1, 0.15) is 12.5 Å². The Morgan fingerprint density at radius 1 is 1.12 bits per heavy atom. The summed E-state index contributed by atoms with van der Waals surface area (Å²) in [5.41, 5.74) is 0.749. The van der Waals surface area contributed by atoms with Gasteiger partial charge in [0.25, 0.3) is 0 Å². The zero-order chi connectivity index (χ0) is 18.3. The van der Waals surface area contributed by atoms with Crippen molar-refractivity contribution in [3.8, 4) is 0 Å². The predicted molar refractivity (Wildman–Crippen MR) is 92.2 cm³/mol. The van der Waals surface area contributed by atoms with Crippen molar-refractivity contribution in [2.75, 3.05) is 39.3 Å². The summed E-state index contributed by atoms with van der Waals surface area (Å²) >= 11 is 0. The largest absolute Gasteiger partial charge is 0.450 e. The van der Waals surface area contributed by atoms with E-state index in [-0.39, 0.29) is 18.9 Å². The van der Waals surface area contributed by atoms with Gasteiger partial charge in [-0.05, 0) is 12.5 Å². The van der Waals surface area contributed by atoms with Crippen LogP contribution < -0.4 is 5.32 Å². The van der Waals surface area contributed by atoms with E-state index in [0.29, 0.717) is 26.2 Å². The molecule has 1 N–H and O–H groups in total. The smallest absolute Gasteiger partial charge is 0.413 e. The predicted octanol–water partition coefficient (Wildman–Crippen LogP) is 0.407. The molecule has 8 nitrogen and oxygen atoms in total. The Hall–Kier alpha value is -1.97. The molecule has 0 bridgehead atoms. The molecule has 25 heavy (non-hydrogen) atoms. The lowest BCUT2D eigenvalue weighted by atomic mass is 10.2. The molecule has 1 aliphatic heterocycles. The monoisotopic (exact) mass is 369 g/mol. The third kappa shape index (κ3) is 6.11. The Balaban J connectivity index is 1.80. The summed E-state index contributed by atoms with van der Waals surface area (Å²) < 4.78 is 31.0. The molecule has 0 atom stereocenters. The van der Waals surface area contributed by atoms with Gasteiger partial charge < -0.3 is 4.74 Å². The average Bonchev–Trinajstić information content (AvgIpc) is 2.56. The molecule has 2 rings (SSSR count). The maximum atomic E-state index is 12.5. The van der Waals surface area contributed by atoms with E-state index in [1.54, 1.807) is 19.1 Å². The number of piperazine rings is 1. The number of carbonyl (C=O) groups excluding carboxylic acids is 2. The maximum Gasteiger partial charge on any atom is 0.413 e. The van der Waals surface area contributed by atoms with E-state index >= 15 is 0 Å². The lowest BCUT2D eigenvalue weighted by molar-refractivity contribution is -0.121. The first-order chi connectivity index (χ1) is 11.9. The first-order valence-corrected chi connectivity index (χ1v) is 9.72. The molecule has 138 valence electrons. The van der Waals surface area contributed by atoms with Gasteiger partial charge in [-0.1, -0.05) is 30.3 Å². The molecule has 1 aromatic carbocycles. The summed E-state index contributed by atoms with van der Waals surface area (Å²) in [5, 5.41) is 2.13. The molecule has 1 heterocycles. The molecule has 0 saturated carbocycles. The highest BCUT2D eigenvalue weighted by molar-refractivity contribution is 7.88. The topological polar surface area (TPSA) is 96.0 Å². The van der Waals surface area contributed by atoms with Crippen LogP contribution in [0.5, 0.6) is 0 Å². The normalized spacial score (nSPS) is 16.4. The summed E-state index contributed by atoms with van der Waals surface area (Å²) in [5.74, 6) is -0.490. The summed E-state index contributed by atoms with van der Waals surface area (Å²) in [6.45, 7) is 3.39. The molecule has 1 fully saturated rings. The number of nitrogens with one attached hydrogen (secondary N) is 1. The van der Waals surface area contributed by atoms with Crippen molar-refractivity contribution < 1.29 is 22.7 Å². The minimum Gasteiger partial charge on any atom is -0.450 e. The van der Waals surface area contributed by atoms with Crippen LogP contribution in [0.3, 0.4) is 0 Å². The minimum absolute atomic E-state index is 0.0306. The quantitative estimate of drug-likeness (QED) is 0.780. The molecule has 1 saturated heterocycles. The lowest BCUT2D eigenvalue weighted by Gasteiger charge is -2.33. The van der Waals surface area contributed by atoms with E-state index in [2.05, 4.69) is 10.1 Å². The van der Waals surface area contributed by atoms with Gasteiger partial charge in [0.15, 0.2) is 0 Å². The molecule has 0 radical (unpaired) electrons. The second kappa shape index (κ2) is 8.93. The van der Waals surface area contributed by atoms with Crippen molar-refractivity contribution in [3.05, 3.63) is 35.9 Å². The number of amides is 2. The van der Waals surface area contributed by atoms with Gasteiger partial charge in [0.05, 0.1) is 18.9 Å². The number of hydrogen-bond acceptors (Lipinski definition) is 6. The minimum atomic E-state index is -3.38. The van der Waals surface area contributed by atoms with Gasteiger partial charge in [0.2, 0.25) is 15.9 Å². The highest BCUT2D eigenvalue weighted by atomic mass is 32.2. The standard InChI is InChI=1S/C16H23N3O5S/c1-2-24-16(21)17-15(20)12-18-8-10-19(11-9-18)25(22,23)13-14-6-4-3-5-7-14/h3-7H,2,8-13H2,1H3,(H,17,20,21). The number of alkyl carbamates (subject to hydrolysis) is 1. The first kappa shape index (κ1) is 19.4. The summed E-state index contributed by atoms with van der Waals surface area (Å²) in [4.78, 5) is 24.7. The van der Waals surface area contributed by atoms with Gasteiger partial charge >= 0.3 is 6.09 Å². The summed E-state index contributed by atoms with van der Waals surface area (Å²) in [6, 6.07) is 9.03. The Morgan fingerprint density at radius 3 is 2.36 bits per heavy atom. The van der Waals surface area contributed by atoms with Crippen LogP contribution in [0.2, 0.25) is 0 Å². The Bertz CT molecular complexity index is 685. The number of nitrogens with zero attached hydrogens (tertiary/aromatic N) is 2. The van der Waals surface area contributed by atoms with Crippen LogP contribution in [0.25, 0.3) is 0 Å². The first-order valence-electron chi connectivity index (χ1n) is 8.11. The molecule has 1 aromatic rings. The molecular formula is C16H23N3O5S. The maximum absolute atomic E-state index is 12.5. The fraction of sp³-hybridized carbons (Fsp3) is 0.500. The lowest BCUT2D eigenvalue weighted by Crippen LogP contribution is -2.51. The van der Waals surface area contributed by atoms with Gasteiger partial charge in [-0.3, -0.25) is 15.0 Å². The summed E-state index contributed by atoms with van der Waals surface area (Å²) in [6.07, 6.45) is -0.767. The van der Waals surface area contributed by atoms with E-state index in [1.165, 1.54) is 4.31 Å². The van der Waals surface area contributed by atoms with Gasteiger partial charge in [-0.25, -0.2) is 13.2 Å². The van der Waals surface area contributed by atoms with Crippen LogP contribution in [0.15, 0.2) is 30.3 Å². The Labute approximate surface area is 147 Å². The number of imide groups is 1. The number of benzene rings is 1. The average molecular weight is 369 g/mol. The highest BCUT2D eigenvalue weighted by Gasteiger charge is 2.28. The molecule has 0 spiro atoms. The van der Waals surface area contributed by atoms with Crippen LogP contribution in [-0.4, -0.2) is 69.0 Å². The molecule has 2 amide bonds. The molecule has 0 aliphatic carbocycles. The zero-order valence-corrected chi connectivity index (χ0v) is 15.0. The second-order valence-electron chi connectivity index (χ2n) is 5.69. The number of hydrogen-bond donors (Lipinski definition) is 1. The van der Waals surface area contributed by atoms with Gasteiger partial charge in [0.1, 0.15) is 0 Å². The van der Waals surface area contributed by atoms with Gasteiger partial charge in [-0.2, -0.15) is 4.31 Å². The van der Waals surface area contributed by atoms with Gasteiger partial charge in [0, 0.05) is 26.2 Å². The zero-order valence-electron chi connectivity index (χ0n) is 14.2. The third-order valence-corrected chi connectivity index (χ3v) is 5.65. The number of rotatable bonds is 6. The van der Waals surface area contributed by atoms with Crippen molar-refractivity contribution in [2.24, 2.45) is 0 Å². The molecule has 0 aromatic heterocycles. The van der Waals surface area contributed by atoms with E-state index in [9.17, 15) is 18.0 Å². The SMILES string of the molecule is CCOC(=O)NC(=O)CN1CCN(S(=O)(=O)Cc2ccccc2)CC1. The Kier molecular flexibility index (Phi) is 6.91. The van der Waals surface area contributed by atoms with Crippen molar-refractivity contribution in [3.63, 3.8) is 0 Å². The van der Waals surface area contributed by atoms with E-state index in [4.69, 9.17) is 0 Å². The van der Waals surface area contributed by atoms with E-state index in [1.807, 2.05) is 23.1 Å². The van der Waals surface area contributed by atoms with Crippen molar-refractivity contribution >= 4 is 22.0 Å².